The molecule has 3 nitrogen and oxygen atoms in total. The Balaban J connectivity index is 1.64. The largest absolute Gasteiger partial charge is 0.378 e. The molecule has 0 aromatic rings. The highest BCUT2D eigenvalue weighted by Crippen LogP contribution is 2.46. The first-order chi connectivity index (χ1) is 9.92. The minimum absolute atomic E-state index is 0.123. The topological polar surface area (TPSA) is 27.7 Å². The molecule has 0 aromatic heterocycles. The summed E-state index contributed by atoms with van der Waals surface area (Å²) in [7, 11) is 0. The lowest BCUT2D eigenvalue weighted by Gasteiger charge is -2.40. The van der Waals surface area contributed by atoms with E-state index < -0.39 is 0 Å². The predicted molar refractivity (Wildman–Crippen MR) is 83.4 cm³/mol. The molecule has 3 heterocycles. The summed E-state index contributed by atoms with van der Waals surface area (Å²) in [6.45, 7) is 11.2. The van der Waals surface area contributed by atoms with Crippen molar-refractivity contribution in [1.29, 1.82) is 0 Å². The summed E-state index contributed by atoms with van der Waals surface area (Å²) in [6.07, 6.45) is 8.48. The summed E-state index contributed by atoms with van der Waals surface area (Å²) in [5, 5.41) is 0. The van der Waals surface area contributed by atoms with Crippen LogP contribution in [-0.2, 0) is 14.2 Å². The predicted octanol–water partition coefficient (Wildman–Crippen LogP) is 3.94. The van der Waals surface area contributed by atoms with Crippen LogP contribution in [0, 0.1) is 10.8 Å². The Morgan fingerprint density at radius 2 is 1.05 bits per heavy atom. The van der Waals surface area contributed by atoms with Crippen molar-refractivity contribution in [3.8, 4) is 0 Å². The van der Waals surface area contributed by atoms with Crippen LogP contribution in [-0.4, -0.2) is 37.6 Å². The third-order valence-corrected chi connectivity index (χ3v) is 6.20. The molecule has 3 saturated heterocycles. The lowest BCUT2D eigenvalue weighted by molar-refractivity contribution is -0.131. The molecule has 21 heavy (non-hydrogen) atoms. The summed E-state index contributed by atoms with van der Waals surface area (Å²) in [4.78, 5) is 0. The van der Waals surface area contributed by atoms with Gasteiger partial charge in [-0.15, -0.1) is 0 Å². The monoisotopic (exact) mass is 296 g/mol. The van der Waals surface area contributed by atoms with Crippen LogP contribution in [0.2, 0.25) is 0 Å². The van der Waals surface area contributed by atoms with Gasteiger partial charge in [0, 0.05) is 24.0 Å². The van der Waals surface area contributed by atoms with E-state index in [0.29, 0.717) is 24.4 Å². The maximum absolute atomic E-state index is 6.56. The smallest absolute Gasteiger partial charge is 0.0655 e. The SMILES string of the molecule is CC(C)([C@@H]1CCCO1)[C@@H]1CC[C@H](C(C)(C)[C@@H]2CCCO2)O1. The average Bonchev–Trinajstić information content (AvgIpc) is 3.19. The Bertz CT molecular complexity index is 317. The Hall–Kier alpha value is -0.120. The third-order valence-electron chi connectivity index (χ3n) is 6.20. The summed E-state index contributed by atoms with van der Waals surface area (Å²) in [5.74, 6) is 0. The highest BCUT2D eigenvalue weighted by molar-refractivity contribution is 4.98. The molecule has 0 saturated carbocycles. The van der Waals surface area contributed by atoms with Crippen LogP contribution in [0.25, 0.3) is 0 Å². The summed E-state index contributed by atoms with van der Waals surface area (Å²) in [5.41, 5.74) is 0.246. The minimum Gasteiger partial charge on any atom is -0.378 e. The molecule has 0 spiro atoms. The molecular formula is C18H32O3. The molecule has 3 rings (SSSR count). The quantitative estimate of drug-likeness (QED) is 0.786. The molecule has 3 aliphatic heterocycles. The van der Waals surface area contributed by atoms with Crippen molar-refractivity contribution >= 4 is 0 Å². The summed E-state index contributed by atoms with van der Waals surface area (Å²) < 4.78 is 18.4. The van der Waals surface area contributed by atoms with Crippen molar-refractivity contribution in [3.63, 3.8) is 0 Å². The van der Waals surface area contributed by atoms with Gasteiger partial charge in [-0.1, -0.05) is 27.7 Å². The van der Waals surface area contributed by atoms with Gasteiger partial charge in [-0.3, -0.25) is 0 Å². The van der Waals surface area contributed by atoms with Crippen LogP contribution in [0.1, 0.15) is 66.2 Å². The van der Waals surface area contributed by atoms with Crippen molar-refractivity contribution in [2.75, 3.05) is 13.2 Å². The second kappa shape index (κ2) is 5.82. The van der Waals surface area contributed by atoms with E-state index in [2.05, 4.69) is 27.7 Å². The van der Waals surface area contributed by atoms with Gasteiger partial charge in [-0.05, 0) is 38.5 Å². The van der Waals surface area contributed by atoms with E-state index in [9.17, 15) is 0 Å². The fourth-order valence-corrected chi connectivity index (χ4v) is 4.48. The second-order valence-corrected chi connectivity index (χ2v) is 8.34. The van der Waals surface area contributed by atoms with Crippen LogP contribution in [0.5, 0.6) is 0 Å². The maximum atomic E-state index is 6.56. The van der Waals surface area contributed by atoms with Crippen molar-refractivity contribution in [2.45, 2.75) is 90.6 Å². The zero-order valence-electron chi connectivity index (χ0n) is 14.2. The molecule has 0 N–H and O–H groups in total. The molecule has 0 unspecified atom stereocenters. The van der Waals surface area contributed by atoms with Crippen LogP contribution >= 0.6 is 0 Å². The summed E-state index contributed by atoms with van der Waals surface area (Å²) in [6, 6.07) is 0. The standard InChI is InChI=1S/C18H32O3/c1-17(2,13-7-5-11-19-13)15-9-10-16(21-15)18(3,4)14-8-6-12-20-14/h13-16H,5-12H2,1-4H3/t13-,14-,15-,16+/m0/s1. The zero-order chi connectivity index (χ0) is 15.1. The van der Waals surface area contributed by atoms with E-state index >= 15 is 0 Å². The van der Waals surface area contributed by atoms with E-state index in [1.54, 1.807) is 0 Å². The highest BCUT2D eigenvalue weighted by atomic mass is 16.5. The van der Waals surface area contributed by atoms with Crippen LogP contribution < -0.4 is 0 Å². The maximum Gasteiger partial charge on any atom is 0.0655 e. The van der Waals surface area contributed by atoms with E-state index in [1.165, 1.54) is 25.7 Å². The Kier molecular flexibility index (Phi) is 4.37. The number of hydrogen-bond donors (Lipinski definition) is 0. The van der Waals surface area contributed by atoms with Crippen molar-refractivity contribution in [1.82, 2.24) is 0 Å². The van der Waals surface area contributed by atoms with Crippen molar-refractivity contribution in [2.24, 2.45) is 10.8 Å². The highest BCUT2D eigenvalue weighted by Gasteiger charge is 2.49. The van der Waals surface area contributed by atoms with E-state index in [-0.39, 0.29) is 10.8 Å². The van der Waals surface area contributed by atoms with Crippen molar-refractivity contribution < 1.29 is 14.2 Å². The molecule has 0 radical (unpaired) electrons. The molecule has 4 atom stereocenters. The molecule has 122 valence electrons. The Morgan fingerprint density at radius 3 is 1.38 bits per heavy atom. The van der Waals surface area contributed by atoms with Crippen LogP contribution in [0.15, 0.2) is 0 Å². The van der Waals surface area contributed by atoms with Gasteiger partial charge in [0.05, 0.1) is 24.4 Å². The lowest BCUT2D eigenvalue weighted by Crippen LogP contribution is -2.44. The van der Waals surface area contributed by atoms with Gasteiger partial charge < -0.3 is 14.2 Å². The first-order valence-corrected chi connectivity index (χ1v) is 8.81. The molecule has 3 fully saturated rings. The van der Waals surface area contributed by atoms with Gasteiger partial charge in [-0.2, -0.15) is 0 Å². The molecule has 0 bridgehead atoms. The normalized spacial score (nSPS) is 38.3. The molecule has 0 aromatic carbocycles. The summed E-state index contributed by atoms with van der Waals surface area (Å²) >= 11 is 0. The Labute approximate surface area is 129 Å². The van der Waals surface area contributed by atoms with Gasteiger partial charge in [0.25, 0.3) is 0 Å². The fraction of sp³-hybridized carbons (Fsp3) is 1.00. The molecule has 0 amide bonds. The van der Waals surface area contributed by atoms with E-state index in [1.807, 2.05) is 0 Å². The second-order valence-electron chi connectivity index (χ2n) is 8.34. The van der Waals surface area contributed by atoms with Gasteiger partial charge in [0.2, 0.25) is 0 Å². The molecule has 3 aliphatic rings. The minimum atomic E-state index is 0.123. The van der Waals surface area contributed by atoms with Crippen LogP contribution in [0.4, 0.5) is 0 Å². The third kappa shape index (κ3) is 2.89. The molecule has 3 heteroatoms. The first kappa shape index (κ1) is 15.8. The van der Waals surface area contributed by atoms with Gasteiger partial charge in [0.1, 0.15) is 0 Å². The van der Waals surface area contributed by atoms with Crippen molar-refractivity contribution in [3.05, 3.63) is 0 Å². The van der Waals surface area contributed by atoms with Gasteiger partial charge in [-0.25, -0.2) is 0 Å². The van der Waals surface area contributed by atoms with E-state index in [0.717, 1.165) is 26.1 Å². The van der Waals surface area contributed by atoms with E-state index in [4.69, 9.17) is 14.2 Å². The average molecular weight is 296 g/mol. The number of ether oxygens (including phenoxy) is 3. The lowest BCUT2D eigenvalue weighted by atomic mass is 9.77. The molecule has 0 aliphatic carbocycles. The first-order valence-electron chi connectivity index (χ1n) is 8.81. The number of rotatable bonds is 4. The zero-order valence-corrected chi connectivity index (χ0v) is 14.2. The van der Waals surface area contributed by atoms with Gasteiger partial charge in [0.15, 0.2) is 0 Å². The fourth-order valence-electron chi connectivity index (χ4n) is 4.48. The van der Waals surface area contributed by atoms with Gasteiger partial charge >= 0.3 is 0 Å². The number of hydrogen-bond acceptors (Lipinski definition) is 3. The Morgan fingerprint density at radius 1 is 0.619 bits per heavy atom. The van der Waals surface area contributed by atoms with Crippen LogP contribution in [0.3, 0.4) is 0 Å². The molecular weight excluding hydrogens is 264 g/mol.